The van der Waals surface area contributed by atoms with Gasteiger partial charge in [0.05, 0.1) is 12.4 Å². The molecular weight excluding hydrogens is 342 g/mol. The number of benzene rings is 1. The lowest BCUT2D eigenvalue weighted by Gasteiger charge is -2.27. The first-order valence-corrected chi connectivity index (χ1v) is 9.20. The summed E-state index contributed by atoms with van der Waals surface area (Å²) in [5.41, 5.74) is 8.73. The molecule has 0 saturated heterocycles. The molecule has 1 fully saturated rings. The van der Waals surface area contributed by atoms with E-state index in [4.69, 9.17) is 5.73 Å². The zero-order valence-corrected chi connectivity index (χ0v) is 15.1. The number of aromatic amines is 1. The summed E-state index contributed by atoms with van der Waals surface area (Å²) in [6.45, 7) is 0. The number of aryl methyl sites for hydroxylation is 1. The van der Waals surface area contributed by atoms with Crippen LogP contribution in [0.3, 0.4) is 0 Å². The minimum Gasteiger partial charge on any atom is -0.367 e. The molecule has 1 aliphatic rings. The van der Waals surface area contributed by atoms with Crippen LogP contribution in [0, 0.1) is 0 Å². The van der Waals surface area contributed by atoms with Gasteiger partial charge in [-0.05, 0) is 37.0 Å². The van der Waals surface area contributed by atoms with Crippen LogP contribution in [0.25, 0.3) is 33.3 Å². The van der Waals surface area contributed by atoms with Crippen LogP contribution >= 0.6 is 0 Å². The lowest BCUT2D eigenvalue weighted by molar-refractivity contribution is 0.410. The number of fused-ring (bicyclic) bond motifs is 3. The van der Waals surface area contributed by atoms with E-state index in [0.29, 0.717) is 17.9 Å². The van der Waals surface area contributed by atoms with E-state index < -0.39 is 0 Å². The predicted octanol–water partition coefficient (Wildman–Crippen LogP) is 1.98. The van der Waals surface area contributed by atoms with Gasteiger partial charge in [0, 0.05) is 28.6 Å². The predicted molar refractivity (Wildman–Crippen MR) is 103 cm³/mol. The van der Waals surface area contributed by atoms with E-state index in [2.05, 4.69) is 41.7 Å². The van der Waals surface area contributed by atoms with E-state index in [1.54, 1.807) is 13.4 Å². The van der Waals surface area contributed by atoms with Gasteiger partial charge in [-0.1, -0.05) is 12.1 Å². The average molecular weight is 363 g/mol. The number of tetrazole rings is 1. The zero-order chi connectivity index (χ0) is 18.4. The fourth-order valence-corrected chi connectivity index (χ4v) is 3.83. The van der Waals surface area contributed by atoms with Gasteiger partial charge in [0.1, 0.15) is 17.8 Å². The molecule has 4 N–H and O–H groups in total. The van der Waals surface area contributed by atoms with Crippen molar-refractivity contribution in [3.8, 4) is 11.4 Å². The average Bonchev–Trinajstić information content (AvgIpc) is 3.27. The molecule has 0 amide bonds. The van der Waals surface area contributed by atoms with Gasteiger partial charge in [-0.3, -0.25) is 0 Å². The Morgan fingerprint density at radius 3 is 2.81 bits per heavy atom. The molecule has 0 aliphatic heterocycles. The first-order valence-electron chi connectivity index (χ1n) is 9.20. The van der Waals surface area contributed by atoms with Gasteiger partial charge >= 0.3 is 0 Å². The Morgan fingerprint density at radius 2 is 2.04 bits per heavy atom. The van der Waals surface area contributed by atoms with E-state index in [1.807, 2.05) is 12.1 Å². The number of hydrogen-bond acceptors (Lipinski definition) is 7. The van der Waals surface area contributed by atoms with Gasteiger partial charge < -0.3 is 16.0 Å². The van der Waals surface area contributed by atoms with Crippen LogP contribution in [-0.2, 0) is 7.05 Å². The van der Waals surface area contributed by atoms with Crippen molar-refractivity contribution in [2.24, 2.45) is 12.8 Å². The third-order valence-electron chi connectivity index (χ3n) is 5.27. The SMILES string of the molecule is Cn1nnc(-c2ccc3c(c2)[nH]c2ncnc(NC4CCC(N)CC4)c23)n1. The van der Waals surface area contributed by atoms with E-state index >= 15 is 0 Å². The van der Waals surface area contributed by atoms with Crippen molar-refractivity contribution < 1.29 is 0 Å². The number of anilines is 1. The number of rotatable bonds is 3. The highest BCUT2D eigenvalue weighted by Gasteiger charge is 2.20. The third kappa shape index (κ3) is 2.89. The van der Waals surface area contributed by atoms with Crippen molar-refractivity contribution in [2.45, 2.75) is 37.8 Å². The molecule has 138 valence electrons. The fraction of sp³-hybridized carbons (Fsp3) is 0.389. The summed E-state index contributed by atoms with van der Waals surface area (Å²) in [5, 5.41) is 18.0. The van der Waals surface area contributed by atoms with Crippen molar-refractivity contribution >= 4 is 27.8 Å². The molecule has 1 aliphatic carbocycles. The summed E-state index contributed by atoms with van der Waals surface area (Å²) >= 11 is 0. The molecule has 0 bridgehead atoms. The van der Waals surface area contributed by atoms with Crippen LogP contribution in [0.1, 0.15) is 25.7 Å². The molecular formula is C18H21N9. The summed E-state index contributed by atoms with van der Waals surface area (Å²) < 4.78 is 0. The molecule has 1 aromatic carbocycles. The topological polar surface area (TPSA) is 123 Å². The number of nitrogens with one attached hydrogen (secondary N) is 2. The molecule has 4 aromatic rings. The minimum absolute atomic E-state index is 0.328. The largest absolute Gasteiger partial charge is 0.367 e. The van der Waals surface area contributed by atoms with E-state index in [0.717, 1.165) is 59.0 Å². The Bertz CT molecular complexity index is 1100. The Kier molecular flexibility index (Phi) is 3.75. The van der Waals surface area contributed by atoms with Gasteiger partial charge in [0.2, 0.25) is 5.82 Å². The number of aromatic nitrogens is 7. The lowest BCUT2D eigenvalue weighted by Crippen LogP contribution is -2.33. The summed E-state index contributed by atoms with van der Waals surface area (Å²) in [7, 11) is 1.75. The second kappa shape index (κ2) is 6.27. The molecule has 9 nitrogen and oxygen atoms in total. The van der Waals surface area contributed by atoms with Crippen molar-refractivity contribution in [1.29, 1.82) is 0 Å². The summed E-state index contributed by atoms with van der Waals surface area (Å²) in [4.78, 5) is 13.8. The molecule has 1 saturated carbocycles. The Hall–Kier alpha value is -3.07. The highest BCUT2D eigenvalue weighted by molar-refractivity contribution is 6.11. The van der Waals surface area contributed by atoms with Crippen LogP contribution in [0.2, 0.25) is 0 Å². The molecule has 0 radical (unpaired) electrons. The van der Waals surface area contributed by atoms with Crippen molar-refractivity contribution in [1.82, 2.24) is 35.2 Å². The van der Waals surface area contributed by atoms with Crippen molar-refractivity contribution in [3.05, 3.63) is 24.5 Å². The maximum Gasteiger partial charge on any atom is 0.204 e. The van der Waals surface area contributed by atoms with Gasteiger partial charge in [-0.25, -0.2) is 9.97 Å². The number of nitrogens with zero attached hydrogens (tertiary/aromatic N) is 6. The van der Waals surface area contributed by atoms with Gasteiger partial charge in [0.15, 0.2) is 0 Å². The molecule has 3 heterocycles. The third-order valence-corrected chi connectivity index (χ3v) is 5.27. The summed E-state index contributed by atoms with van der Waals surface area (Å²) in [5.74, 6) is 1.47. The van der Waals surface area contributed by atoms with Crippen LogP contribution in [-0.4, -0.2) is 47.2 Å². The number of nitrogens with two attached hydrogens (primary N) is 1. The van der Waals surface area contributed by atoms with Gasteiger partial charge in [-0.2, -0.15) is 4.80 Å². The standard InChI is InChI=1S/C18H21N9/c1-27-25-16(24-26-27)10-2-7-13-14(8-10)23-18-15(13)17(20-9-21-18)22-12-5-3-11(19)4-6-12/h2,7-9,11-12H,3-6,19H2,1H3,(H2,20,21,22,23). The van der Waals surface area contributed by atoms with Crippen LogP contribution in [0.4, 0.5) is 5.82 Å². The number of H-pyrrole nitrogens is 1. The van der Waals surface area contributed by atoms with E-state index in [9.17, 15) is 0 Å². The smallest absolute Gasteiger partial charge is 0.204 e. The van der Waals surface area contributed by atoms with Crippen LogP contribution in [0.15, 0.2) is 24.5 Å². The van der Waals surface area contributed by atoms with E-state index in [1.165, 1.54) is 4.80 Å². The highest BCUT2D eigenvalue weighted by Crippen LogP contribution is 2.32. The normalized spacial score (nSPS) is 20.4. The first-order chi connectivity index (χ1) is 13.2. The van der Waals surface area contributed by atoms with Gasteiger partial charge in [0.25, 0.3) is 0 Å². The quantitative estimate of drug-likeness (QED) is 0.508. The van der Waals surface area contributed by atoms with Gasteiger partial charge in [-0.15, -0.1) is 10.2 Å². The minimum atomic E-state index is 0.328. The Balaban J connectivity index is 1.55. The number of hydrogen-bond donors (Lipinski definition) is 3. The molecule has 9 heteroatoms. The molecule has 0 unspecified atom stereocenters. The monoisotopic (exact) mass is 363 g/mol. The summed E-state index contributed by atoms with van der Waals surface area (Å²) in [6, 6.07) is 6.82. The molecule has 0 atom stereocenters. The lowest BCUT2D eigenvalue weighted by atomic mass is 9.92. The Morgan fingerprint density at radius 1 is 1.19 bits per heavy atom. The van der Waals surface area contributed by atoms with E-state index in [-0.39, 0.29) is 0 Å². The molecule has 27 heavy (non-hydrogen) atoms. The molecule has 0 spiro atoms. The molecule has 5 rings (SSSR count). The van der Waals surface area contributed by atoms with Crippen molar-refractivity contribution in [2.75, 3.05) is 5.32 Å². The van der Waals surface area contributed by atoms with Crippen LogP contribution in [0.5, 0.6) is 0 Å². The zero-order valence-electron chi connectivity index (χ0n) is 15.1. The summed E-state index contributed by atoms with van der Waals surface area (Å²) in [6.07, 6.45) is 5.83. The van der Waals surface area contributed by atoms with Crippen LogP contribution < -0.4 is 11.1 Å². The Labute approximate surface area is 155 Å². The maximum atomic E-state index is 6.03. The fourth-order valence-electron chi connectivity index (χ4n) is 3.83. The second-order valence-electron chi connectivity index (χ2n) is 7.19. The maximum absolute atomic E-state index is 6.03. The van der Waals surface area contributed by atoms with Crippen molar-refractivity contribution in [3.63, 3.8) is 0 Å². The second-order valence-corrected chi connectivity index (χ2v) is 7.19. The highest BCUT2D eigenvalue weighted by atomic mass is 15.6. The first kappa shape index (κ1) is 16.1. The molecule has 3 aromatic heterocycles.